The molecule has 0 spiro atoms. The first-order valence-corrected chi connectivity index (χ1v) is 7.62. The van der Waals surface area contributed by atoms with Crippen LogP contribution in [0.3, 0.4) is 0 Å². The van der Waals surface area contributed by atoms with Crippen molar-refractivity contribution in [2.75, 3.05) is 0 Å². The fourth-order valence-electron chi connectivity index (χ4n) is 2.77. The number of nitrogens with two attached hydrogens (primary N) is 1. The second-order valence-corrected chi connectivity index (χ2v) is 5.53. The van der Waals surface area contributed by atoms with Gasteiger partial charge in [-0.3, -0.25) is 4.98 Å². The van der Waals surface area contributed by atoms with E-state index in [2.05, 4.69) is 18.0 Å². The van der Waals surface area contributed by atoms with E-state index in [1.165, 1.54) is 38.5 Å². The summed E-state index contributed by atoms with van der Waals surface area (Å²) in [6, 6.07) is 4.08. The second-order valence-electron chi connectivity index (χ2n) is 5.53. The Morgan fingerprint density at radius 2 is 2.05 bits per heavy atom. The molecule has 1 saturated carbocycles. The van der Waals surface area contributed by atoms with Crippen LogP contribution in [0.2, 0.25) is 0 Å². The highest BCUT2D eigenvalue weighted by atomic mass is 16.5. The Kier molecular flexibility index (Phi) is 5.80. The van der Waals surface area contributed by atoms with Crippen molar-refractivity contribution < 1.29 is 4.74 Å². The molecule has 1 aromatic rings. The van der Waals surface area contributed by atoms with Crippen molar-refractivity contribution in [1.29, 1.82) is 0 Å². The number of pyridine rings is 1. The number of nitrogens with zero attached hydrogens (tertiary/aromatic N) is 1. The molecule has 19 heavy (non-hydrogen) atoms. The number of hydrogen-bond donors (Lipinski definition) is 1. The summed E-state index contributed by atoms with van der Waals surface area (Å²) < 4.78 is 6.35. The van der Waals surface area contributed by atoms with E-state index >= 15 is 0 Å². The van der Waals surface area contributed by atoms with Gasteiger partial charge in [-0.05, 0) is 25.3 Å². The van der Waals surface area contributed by atoms with Gasteiger partial charge >= 0.3 is 0 Å². The van der Waals surface area contributed by atoms with Gasteiger partial charge in [0.2, 0.25) is 0 Å². The van der Waals surface area contributed by atoms with Crippen LogP contribution >= 0.6 is 0 Å². The van der Waals surface area contributed by atoms with Gasteiger partial charge in [0.25, 0.3) is 0 Å². The standard InChI is InChI=1S/C16H26N2O/c1-2-15(17)16(13-8-7-11-18-12-13)19-14-9-5-3-4-6-10-14/h7-8,11-12,14-16H,2-6,9-10,17H2,1H3. The van der Waals surface area contributed by atoms with Crippen LogP contribution < -0.4 is 5.73 Å². The third kappa shape index (κ3) is 4.29. The highest BCUT2D eigenvalue weighted by Gasteiger charge is 2.24. The van der Waals surface area contributed by atoms with Crippen LogP contribution in [0, 0.1) is 0 Å². The zero-order chi connectivity index (χ0) is 13.5. The molecule has 0 radical (unpaired) electrons. The molecule has 1 aromatic heterocycles. The lowest BCUT2D eigenvalue weighted by atomic mass is 10.0. The van der Waals surface area contributed by atoms with E-state index in [4.69, 9.17) is 10.5 Å². The first kappa shape index (κ1) is 14.5. The molecule has 1 heterocycles. The molecule has 0 saturated heterocycles. The summed E-state index contributed by atoms with van der Waals surface area (Å²) in [7, 11) is 0. The van der Waals surface area contributed by atoms with E-state index in [0.717, 1.165) is 12.0 Å². The van der Waals surface area contributed by atoms with Crippen molar-refractivity contribution in [2.45, 2.75) is 70.1 Å². The van der Waals surface area contributed by atoms with E-state index in [1.807, 2.05) is 12.3 Å². The molecule has 3 nitrogen and oxygen atoms in total. The zero-order valence-corrected chi connectivity index (χ0v) is 11.9. The Hall–Kier alpha value is -0.930. The largest absolute Gasteiger partial charge is 0.369 e. The molecule has 2 unspecified atom stereocenters. The Morgan fingerprint density at radius 1 is 1.32 bits per heavy atom. The number of rotatable bonds is 5. The maximum Gasteiger partial charge on any atom is 0.0994 e. The van der Waals surface area contributed by atoms with Crippen LogP contribution in [0.25, 0.3) is 0 Å². The van der Waals surface area contributed by atoms with Gasteiger partial charge in [-0.2, -0.15) is 0 Å². The Bertz CT molecular complexity index is 347. The molecule has 2 N–H and O–H groups in total. The third-order valence-electron chi connectivity index (χ3n) is 4.01. The second kappa shape index (κ2) is 7.61. The van der Waals surface area contributed by atoms with Crippen LogP contribution in [0.5, 0.6) is 0 Å². The third-order valence-corrected chi connectivity index (χ3v) is 4.01. The molecule has 2 atom stereocenters. The van der Waals surface area contributed by atoms with Gasteiger partial charge in [-0.1, -0.05) is 38.7 Å². The highest BCUT2D eigenvalue weighted by Crippen LogP contribution is 2.28. The van der Waals surface area contributed by atoms with E-state index in [0.29, 0.717) is 6.10 Å². The van der Waals surface area contributed by atoms with Gasteiger partial charge in [0.05, 0.1) is 12.2 Å². The minimum atomic E-state index is -0.0122. The number of hydrogen-bond acceptors (Lipinski definition) is 3. The minimum Gasteiger partial charge on any atom is -0.369 e. The summed E-state index contributed by atoms with van der Waals surface area (Å²) in [6.45, 7) is 2.12. The summed E-state index contributed by atoms with van der Waals surface area (Å²) in [6.07, 6.45) is 12.6. The van der Waals surface area contributed by atoms with Crippen LogP contribution in [-0.2, 0) is 4.74 Å². The van der Waals surface area contributed by atoms with E-state index in [1.54, 1.807) is 6.20 Å². The van der Waals surface area contributed by atoms with Gasteiger partial charge in [0.1, 0.15) is 0 Å². The lowest BCUT2D eigenvalue weighted by molar-refractivity contribution is -0.0343. The molecule has 106 valence electrons. The smallest absolute Gasteiger partial charge is 0.0994 e. The molecule has 0 aromatic carbocycles. The number of aromatic nitrogens is 1. The van der Waals surface area contributed by atoms with Gasteiger partial charge in [0.15, 0.2) is 0 Å². The summed E-state index contributed by atoms with van der Waals surface area (Å²) in [5.41, 5.74) is 7.36. The molecule has 1 fully saturated rings. The van der Waals surface area contributed by atoms with Crippen LogP contribution in [-0.4, -0.2) is 17.1 Å². The molecular formula is C16H26N2O. The average molecular weight is 262 g/mol. The molecule has 0 bridgehead atoms. The number of ether oxygens (including phenoxy) is 1. The fraction of sp³-hybridized carbons (Fsp3) is 0.688. The first-order valence-electron chi connectivity index (χ1n) is 7.62. The first-order chi connectivity index (χ1) is 9.31. The van der Waals surface area contributed by atoms with Crippen molar-refractivity contribution in [3.63, 3.8) is 0 Å². The summed E-state index contributed by atoms with van der Waals surface area (Å²) in [4.78, 5) is 4.20. The van der Waals surface area contributed by atoms with E-state index < -0.39 is 0 Å². The highest BCUT2D eigenvalue weighted by molar-refractivity contribution is 5.14. The van der Waals surface area contributed by atoms with Crippen LogP contribution in [0.4, 0.5) is 0 Å². The van der Waals surface area contributed by atoms with E-state index in [-0.39, 0.29) is 12.1 Å². The van der Waals surface area contributed by atoms with Crippen molar-refractivity contribution in [1.82, 2.24) is 4.98 Å². The molecular weight excluding hydrogens is 236 g/mol. The van der Waals surface area contributed by atoms with Gasteiger partial charge in [-0.25, -0.2) is 0 Å². The van der Waals surface area contributed by atoms with Crippen LogP contribution in [0.1, 0.15) is 63.5 Å². The molecule has 2 rings (SSSR count). The minimum absolute atomic E-state index is 0.0122. The van der Waals surface area contributed by atoms with Gasteiger partial charge in [0, 0.05) is 24.0 Å². The van der Waals surface area contributed by atoms with E-state index in [9.17, 15) is 0 Å². The maximum atomic E-state index is 6.35. The SMILES string of the molecule is CCC(N)C(OC1CCCCCC1)c1cccnc1. The normalized spacial score (nSPS) is 20.7. The summed E-state index contributed by atoms with van der Waals surface area (Å²) in [5, 5.41) is 0. The van der Waals surface area contributed by atoms with Gasteiger partial charge in [-0.15, -0.1) is 0 Å². The predicted molar refractivity (Wildman–Crippen MR) is 77.8 cm³/mol. The van der Waals surface area contributed by atoms with Crippen molar-refractivity contribution >= 4 is 0 Å². The Morgan fingerprint density at radius 3 is 2.63 bits per heavy atom. The molecule has 0 aliphatic heterocycles. The molecule has 1 aliphatic rings. The van der Waals surface area contributed by atoms with Gasteiger partial charge < -0.3 is 10.5 Å². The monoisotopic (exact) mass is 262 g/mol. The summed E-state index contributed by atoms with van der Waals surface area (Å²) >= 11 is 0. The topological polar surface area (TPSA) is 48.1 Å². The molecule has 1 aliphatic carbocycles. The Labute approximate surface area is 116 Å². The molecule has 3 heteroatoms. The van der Waals surface area contributed by atoms with Crippen molar-refractivity contribution in [3.8, 4) is 0 Å². The lowest BCUT2D eigenvalue weighted by Gasteiger charge is -2.28. The van der Waals surface area contributed by atoms with Crippen LogP contribution in [0.15, 0.2) is 24.5 Å². The van der Waals surface area contributed by atoms with Crippen molar-refractivity contribution in [3.05, 3.63) is 30.1 Å². The predicted octanol–water partition coefficient (Wildman–Crippen LogP) is 3.60. The Balaban J connectivity index is 2.05. The molecule has 0 amide bonds. The lowest BCUT2D eigenvalue weighted by Crippen LogP contribution is -2.32. The fourth-order valence-corrected chi connectivity index (χ4v) is 2.77. The van der Waals surface area contributed by atoms with Crippen molar-refractivity contribution in [2.24, 2.45) is 5.73 Å². The zero-order valence-electron chi connectivity index (χ0n) is 11.9. The quantitative estimate of drug-likeness (QED) is 0.825. The maximum absolute atomic E-state index is 6.35. The average Bonchev–Trinajstić information content (AvgIpc) is 2.73. The summed E-state index contributed by atoms with van der Waals surface area (Å²) in [5.74, 6) is 0.